The summed E-state index contributed by atoms with van der Waals surface area (Å²) in [6.45, 7) is 8.90. The monoisotopic (exact) mass is 435 g/mol. The lowest BCUT2D eigenvalue weighted by Gasteiger charge is -2.43. The highest BCUT2D eigenvalue weighted by molar-refractivity contribution is 6.09. The van der Waals surface area contributed by atoms with Gasteiger partial charge in [0.1, 0.15) is 12.1 Å². The van der Waals surface area contributed by atoms with Crippen LogP contribution in [0.2, 0.25) is 0 Å². The number of hydrogen-bond donors (Lipinski definition) is 3. The van der Waals surface area contributed by atoms with Gasteiger partial charge in [-0.05, 0) is 62.9 Å². The quantitative estimate of drug-likeness (QED) is 0.403. The zero-order valence-corrected chi connectivity index (χ0v) is 19.0. The Morgan fingerprint density at radius 2 is 2.00 bits per heavy atom. The number of nitrogens with zero attached hydrogens (tertiary/aromatic N) is 2. The van der Waals surface area contributed by atoms with E-state index in [-0.39, 0.29) is 35.6 Å². The van der Waals surface area contributed by atoms with Gasteiger partial charge in [0, 0.05) is 13.1 Å². The largest absolute Gasteiger partial charge is 0.369 e. The molecule has 0 aromatic rings. The van der Waals surface area contributed by atoms with Gasteiger partial charge in [0.05, 0.1) is 5.92 Å². The Kier molecular flexibility index (Phi) is 6.93. The van der Waals surface area contributed by atoms with Crippen LogP contribution in [0, 0.1) is 17.3 Å². The van der Waals surface area contributed by atoms with Crippen LogP contribution in [-0.2, 0) is 14.4 Å². The van der Waals surface area contributed by atoms with Gasteiger partial charge < -0.3 is 21.3 Å². The first-order chi connectivity index (χ1) is 14.5. The molecule has 0 bridgehead atoms. The Bertz CT molecular complexity index is 739. The summed E-state index contributed by atoms with van der Waals surface area (Å²) in [7, 11) is 0. The van der Waals surface area contributed by atoms with Crippen molar-refractivity contribution in [3.8, 4) is 0 Å². The van der Waals surface area contributed by atoms with Crippen LogP contribution < -0.4 is 16.4 Å². The second kappa shape index (κ2) is 9.14. The molecule has 3 unspecified atom stereocenters. The van der Waals surface area contributed by atoms with Gasteiger partial charge in [0.15, 0.2) is 0 Å². The van der Waals surface area contributed by atoms with Crippen molar-refractivity contribution in [2.45, 2.75) is 64.8 Å². The number of urea groups is 1. The highest BCUT2D eigenvalue weighted by atomic mass is 16.2. The number of rotatable bonds is 7. The molecule has 0 aromatic carbocycles. The van der Waals surface area contributed by atoms with E-state index in [0.29, 0.717) is 31.8 Å². The van der Waals surface area contributed by atoms with Crippen LogP contribution in [0.15, 0.2) is 0 Å². The SMILES string of the molecule is CC1CC(C)(C)CC2(C1)NC(=O)N(CC(=O)NCCCN1CCCC(C(N)=O)C1)C2=O. The van der Waals surface area contributed by atoms with Crippen LogP contribution in [0.4, 0.5) is 4.79 Å². The second-order valence-electron chi connectivity index (χ2n) is 10.5. The Morgan fingerprint density at radius 3 is 2.68 bits per heavy atom. The fourth-order valence-electron chi connectivity index (χ4n) is 5.87. The summed E-state index contributed by atoms with van der Waals surface area (Å²) in [6.07, 6.45) is 4.73. The van der Waals surface area contributed by atoms with Gasteiger partial charge in [-0.1, -0.05) is 20.8 Å². The molecule has 174 valence electrons. The minimum Gasteiger partial charge on any atom is -0.369 e. The summed E-state index contributed by atoms with van der Waals surface area (Å²) in [4.78, 5) is 52.6. The molecule has 3 rings (SSSR count). The molecular formula is C22H37N5O4. The fourth-order valence-corrected chi connectivity index (χ4v) is 5.87. The number of primary amides is 1. The predicted octanol–water partition coefficient (Wildman–Crippen LogP) is 0.827. The first kappa shape index (κ1) is 23.5. The molecule has 2 aliphatic heterocycles. The number of nitrogens with one attached hydrogen (secondary N) is 2. The molecular weight excluding hydrogens is 398 g/mol. The number of imide groups is 1. The first-order valence-electron chi connectivity index (χ1n) is 11.4. The number of piperidine rings is 1. The van der Waals surface area contributed by atoms with E-state index in [0.717, 1.165) is 43.7 Å². The van der Waals surface area contributed by atoms with Gasteiger partial charge in [-0.2, -0.15) is 0 Å². The maximum absolute atomic E-state index is 13.1. The Morgan fingerprint density at radius 1 is 1.26 bits per heavy atom. The van der Waals surface area contributed by atoms with Crippen LogP contribution in [0.1, 0.15) is 59.3 Å². The van der Waals surface area contributed by atoms with Crippen LogP contribution >= 0.6 is 0 Å². The van der Waals surface area contributed by atoms with E-state index in [2.05, 4.69) is 36.3 Å². The molecule has 1 saturated carbocycles. The van der Waals surface area contributed by atoms with E-state index in [1.165, 1.54) is 0 Å². The zero-order valence-electron chi connectivity index (χ0n) is 19.0. The minimum absolute atomic E-state index is 0.0408. The van der Waals surface area contributed by atoms with Crippen LogP contribution in [0.25, 0.3) is 0 Å². The van der Waals surface area contributed by atoms with E-state index in [9.17, 15) is 19.2 Å². The lowest BCUT2D eigenvalue weighted by Crippen LogP contribution is -2.54. The van der Waals surface area contributed by atoms with Crippen molar-refractivity contribution in [1.29, 1.82) is 0 Å². The molecule has 1 spiro atoms. The van der Waals surface area contributed by atoms with Gasteiger partial charge in [-0.25, -0.2) is 4.79 Å². The molecule has 3 atom stereocenters. The molecule has 2 heterocycles. The van der Waals surface area contributed by atoms with Crippen LogP contribution in [-0.4, -0.2) is 71.8 Å². The molecule has 0 aromatic heterocycles. The van der Waals surface area contributed by atoms with Crippen molar-refractivity contribution >= 4 is 23.8 Å². The van der Waals surface area contributed by atoms with E-state index in [1.807, 2.05) is 0 Å². The number of nitrogens with two attached hydrogens (primary N) is 1. The van der Waals surface area contributed by atoms with Gasteiger partial charge in [0.25, 0.3) is 5.91 Å². The van der Waals surface area contributed by atoms with Crippen molar-refractivity contribution in [2.24, 2.45) is 23.0 Å². The normalized spacial score (nSPS) is 31.0. The van der Waals surface area contributed by atoms with E-state index >= 15 is 0 Å². The van der Waals surface area contributed by atoms with Crippen molar-refractivity contribution in [2.75, 3.05) is 32.7 Å². The number of likely N-dealkylation sites (tertiary alicyclic amines) is 1. The highest BCUT2D eigenvalue weighted by Crippen LogP contribution is 2.46. The summed E-state index contributed by atoms with van der Waals surface area (Å²) in [5.41, 5.74) is 4.48. The Labute approximate surface area is 184 Å². The molecule has 1 aliphatic carbocycles. The summed E-state index contributed by atoms with van der Waals surface area (Å²) >= 11 is 0. The van der Waals surface area contributed by atoms with Crippen LogP contribution in [0.5, 0.6) is 0 Å². The minimum atomic E-state index is -0.885. The van der Waals surface area contributed by atoms with Gasteiger partial charge in [0.2, 0.25) is 11.8 Å². The van der Waals surface area contributed by atoms with Crippen molar-refractivity contribution < 1.29 is 19.2 Å². The zero-order chi connectivity index (χ0) is 22.8. The maximum atomic E-state index is 13.1. The Hall–Kier alpha value is -2.16. The molecule has 9 nitrogen and oxygen atoms in total. The van der Waals surface area contributed by atoms with Crippen molar-refractivity contribution in [3.05, 3.63) is 0 Å². The lowest BCUT2D eigenvalue weighted by molar-refractivity contribution is -0.137. The average molecular weight is 436 g/mol. The third-order valence-corrected chi connectivity index (χ3v) is 6.81. The molecule has 3 aliphatic rings. The highest BCUT2D eigenvalue weighted by Gasteiger charge is 2.56. The van der Waals surface area contributed by atoms with Crippen molar-refractivity contribution in [3.63, 3.8) is 0 Å². The third kappa shape index (κ3) is 5.56. The fraction of sp³-hybridized carbons (Fsp3) is 0.818. The lowest BCUT2D eigenvalue weighted by atomic mass is 9.64. The standard InChI is InChI=1S/C22H37N5O4/c1-15-10-21(2,3)14-22(11-15)19(30)27(20(31)25-22)13-17(28)24-7-5-9-26-8-4-6-16(12-26)18(23)29/h15-16H,4-14H2,1-3H3,(H2,23,29)(H,24,28)(H,25,31). The van der Waals surface area contributed by atoms with Gasteiger partial charge in [-0.3, -0.25) is 19.3 Å². The maximum Gasteiger partial charge on any atom is 0.325 e. The predicted molar refractivity (Wildman–Crippen MR) is 116 cm³/mol. The van der Waals surface area contributed by atoms with Gasteiger partial charge in [-0.15, -0.1) is 0 Å². The summed E-state index contributed by atoms with van der Waals surface area (Å²) in [5.74, 6) is -0.635. The molecule has 5 amide bonds. The molecule has 4 N–H and O–H groups in total. The number of carbonyl (C=O) groups excluding carboxylic acids is 4. The van der Waals surface area contributed by atoms with Gasteiger partial charge >= 0.3 is 6.03 Å². The first-order valence-corrected chi connectivity index (χ1v) is 11.4. The Balaban J connectivity index is 1.45. The summed E-state index contributed by atoms with van der Waals surface area (Å²) in [6, 6.07) is -0.476. The summed E-state index contributed by atoms with van der Waals surface area (Å²) < 4.78 is 0. The smallest absolute Gasteiger partial charge is 0.325 e. The van der Waals surface area contributed by atoms with E-state index in [4.69, 9.17) is 5.73 Å². The molecule has 31 heavy (non-hydrogen) atoms. The third-order valence-electron chi connectivity index (χ3n) is 6.81. The number of hydrogen-bond acceptors (Lipinski definition) is 5. The molecule has 0 radical (unpaired) electrons. The van der Waals surface area contributed by atoms with Crippen LogP contribution in [0.3, 0.4) is 0 Å². The molecule has 9 heteroatoms. The molecule has 3 fully saturated rings. The number of amides is 5. The topological polar surface area (TPSA) is 125 Å². The van der Waals surface area contributed by atoms with E-state index < -0.39 is 11.6 Å². The van der Waals surface area contributed by atoms with Crippen molar-refractivity contribution in [1.82, 2.24) is 20.4 Å². The second-order valence-corrected chi connectivity index (χ2v) is 10.5. The van der Waals surface area contributed by atoms with E-state index in [1.54, 1.807) is 0 Å². The average Bonchev–Trinajstić information content (AvgIpc) is 2.87. The number of carbonyl (C=O) groups is 4. The summed E-state index contributed by atoms with van der Waals surface area (Å²) in [5, 5.41) is 5.71. The molecule has 2 saturated heterocycles.